The molecule has 4 fully saturated rings. The summed E-state index contributed by atoms with van der Waals surface area (Å²) in [5, 5.41) is 9.49. The molecular formula is C37H42FN5O2. The zero-order valence-electron chi connectivity index (χ0n) is 26.2. The lowest BCUT2D eigenvalue weighted by atomic mass is 9.79. The number of nitriles is 1. The molecule has 1 aromatic heterocycles. The Balaban J connectivity index is 1.05. The van der Waals surface area contributed by atoms with Gasteiger partial charge in [0.15, 0.2) is 11.6 Å². The number of Topliss-reactive ketones (excluding diaryl/α,β-unsaturated/α-hetero) is 1. The topological polar surface area (TPSA) is 82.3 Å². The Morgan fingerprint density at radius 1 is 1.00 bits per heavy atom. The van der Waals surface area contributed by atoms with Crippen LogP contribution in [0.15, 0.2) is 48.9 Å². The quantitative estimate of drug-likeness (QED) is 0.249. The van der Waals surface area contributed by atoms with Crippen molar-refractivity contribution in [3.8, 4) is 28.7 Å². The normalized spacial score (nSPS) is 25.0. The Bertz CT molecular complexity index is 1610. The molecule has 1 spiro atoms. The number of likely N-dealkylation sites (tertiary alicyclic amines) is 1. The molecule has 0 N–H and O–H groups in total. The van der Waals surface area contributed by atoms with Gasteiger partial charge < -0.3 is 19.3 Å². The number of carbonyl (C=O) groups excluding carboxylic acids is 1. The summed E-state index contributed by atoms with van der Waals surface area (Å²) in [6.45, 7) is 6.99. The third-order valence-electron chi connectivity index (χ3n) is 10.6. The van der Waals surface area contributed by atoms with Gasteiger partial charge in [-0.05, 0) is 124 Å². The molecule has 45 heavy (non-hydrogen) atoms. The van der Waals surface area contributed by atoms with E-state index in [1.165, 1.54) is 50.8 Å². The number of ketones is 1. The number of ether oxygens (including phenoxy) is 1. The highest BCUT2D eigenvalue weighted by Crippen LogP contribution is 2.48. The molecule has 2 aliphatic carbocycles. The van der Waals surface area contributed by atoms with E-state index in [2.05, 4.69) is 20.9 Å². The fourth-order valence-electron chi connectivity index (χ4n) is 8.17. The van der Waals surface area contributed by atoms with E-state index in [1.54, 1.807) is 31.6 Å². The van der Waals surface area contributed by atoms with Gasteiger partial charge in [-0.25, -0.2) is 14.4 Å². The van der Waals surface area contributed by atoms with Crippen molar-refractivity contribution in [1.29, 1.82) is 5.26 Å². The fourth-order valence-corrected chi connectivity index (χ4v) is 8.17. The molecule has 0 bridgehead atoms. The van der Waals surface area contributed by atoms with Crippen LogP contribution in [0, 0.1) is 34.4 Å². The van der Waals surface area contributed by atoms with E-state index in [9.17, 15) is 14.4 Å². The molecule has 1 unspecified atom stereocenters. The van der Waals surface area contributed by atoms with Crippen molar-refractivity contribution in [2.24, 2.45) is 17.3 Å². The number of nitrogens with zero attached hydrogens (tertiary/aromatic N) is 5. The number of halogens is 1. The molecule has 3 aromatic rings. The van der Waals surface area contributed by atoms with Crippen LogP contribution in [0.1, 0.15) is 81.8 Å². The Morgan fingerprint density at radius 3 is 2.58 bits per heavy atom. The van der Waals surface area contributed by atoms with E-state index >= 15 is 0 Å². The second-order valence-electron chi connectivity index (χ2n) is 14.1. The number of benzene rings is 2. The maximum Gasteiger partial charge on any atom is 0.188 e. The third-order valence-corrected chi connectivity index (χ3v) is 10.6. The first-order valence-electron chi connectivity index (χ1n) is 16.7. The molecule has 2 aliphatic heterocycles. The predicted octanol–water partition coefficient (Wildman–Crippen LogP) is 7.51. The number of aromatic nitrogens is 2. The van der Waals surface area contributed by atoms with Crippen LogP contribution in [0.2, 0.25) is 0 Å². The molecule has 4 aliphatic rings. The maximum absolute atomic E-state index is 14.6. The first-order valence-corrected chi connectivity index (χ1v) is 16.7. The summed E-state index contributed by atoms with van der Waals surface area (Å²) in [7, 11) is 0. The third kappa shape index (κ3) is 6.60. The van der Waals surface area contributed by atoms with Gasteiger partial charge in [0, 0.05) is 43.6 Å². The monoisotopic (exact) mass is 607 g/mol. The molecule has 2 aromatic carbocycles. The number of anilines is 1. The summed E-state index contributed by atoms with van der Waals surface area (Å²) in [5.41, 5.74) is 3.52. The van der Waals surface area contributed by atoms with Gasteiger partial charge in [-0.1, -0.05) is 6.07 Å². The molecule has 2 saturated heterocycles. The Hall–Kier alpha value is -3.83. The second kappa shape index (κ2) is 12.5. The van der Waals surface area contributed by atoms with Gasteiger partial charge in [0.2, 0.25) is 0 Å². The number of hydrogen-bond acceptors (Lipinski definition) is 7. The van der Waals surface area contributed by atoms with E-state index in [0.717, 1.165) is 74.7 Å². The number of carbonyl (C=O) groups is 1. The van der Waals surface area contributed by atoms with Gasteiger partial charge in [0.1, 0.15) is 23.7 Å². The highest BCUT2D eigenvalue weighted by Gasteiger charge is 2.44. The smallest absolute Gasteiger partial charge is 0.188 e. The minimum absolute atomic E-state index is 0.247. The standard InChI is InChI=1S/C37H42FN5O2/c1-25(44)16-26-2-4-27(5-3-26)21-42-14-12-37(22-42)13-15-43(23-37)36-35(20-40-24-41-36)45-34-11-9-30(38)18-33(34)31-10-6-28(19-39)17-32(31)29-7-8-29/h6,9-11,17-18,20,24,26-27,29H,2-5,7-8,12-16,21-23H2,1H3. The van der Waals surface area contributed by atoms with E-state index in [4.69, 9.17) is 9.72 Å². The fraction of sp³-hybridized carbons (Fsp3) is 0.514. The lowest BCUT2D eigenvalue weighted by molar-refractivity contribution is -0.118. The maximum atomic E-state index is 14.6. The summed E-state index contributed by atoms with van der Waals surface area (Å²) >= 11 is 0. The summed E-state index contributed by atoms with van der Waals surface area (Å²) in [5.74, 6) is 3.62. The van der Waals surface area contributed by atoms with Crippen molar-refractivity contribution in [1.82, 2.24) is 14.9 Å². The van der Waals surface area contributed by atoms with Gasteiger partial charge in [0.25, 0.3) is 0 Å². The Kier molecular flexibility index (Phi) is 8.31. The number of hydrogen-bond donors (Lipinski definition) is 0. The first kappa shape index (κ1) is 29.9. The van der Waals surface area contributed by atoms with Crippen molar-refractivity contribution in [2.45, 2.75) is 70.6 Å². The van der Waals surface area contributed by atoms with Crippen LogP contribution in [0.3, 0.4) is 0 Å². The van der Waals surface area contributed by atoms with Gasteiger partial charge in [-0.3, -0.25) is 0 Å². The van der Waals surface area contributed by atoms with E-state index < -0.39 is 0 Å². The van der Waals surface area contributed by atoms with Crippen molar-refractivity contribution in [3.05, 3.63) is 65.9 Å². The van der Waals surface area contributed by atoms with Crippen LogP contribution >= 0.6 is 0 Å². The largest absolute Gasteiger partial charge is 0.451 e. The van der Waals surface area contributed by atoms with Crippen LogP contribution in [-0.2, 0) is 4.79 Å². The zero-order valence-corrected chi connectivity index (χ0v) is 26.2. The average Bonchev–Trinajstić information content (AvgIpc) is 3.71. The van der Waals surface area contributed by atoms with Crippen molar-refractivity contribution in [2.75, 3.05) is 37.6 Å². The van der Waals surface area contributed by atoms with Crippen molar-refractivity contribution >= 4 is 11.6 Å². The molecule has 1 atom stereocenters. The van der Waals surface area contributed by atoms with E-state index in [-0.39, 0.29) is 11.2 Å². The van der Waals surface area contributed by atoms with Gasteiger partial charge in [0.05, 0.1) is 17.8 Å². The Labute approximate surface area is 265 Å². The lowest BCUT2D eigenvalue weighted by Gasteiger charge is -2.32. The Morgan fingerprint density at radius 2 is 1.80 bits per heavy atom. The molecule has 2 saturated carbocycles. The summed E-state index contributed by atoms with van der Waals surface area (Å²) in [4.78, 5) is 25.6. The lowest BCUT2D eigenvalue weighted by Crippen LogP contribution is -2.34. The minimum atomic E-state index is -0.329. The van der Waals surface area contributed by atoms with E-state index in [1.807, 2.05) is 12.1 Å². The van der Waals surface area contributed by atoms with Crippen LogP contribution in [-0.4, -0.2) is 53.4 Å². The molecule has 234 valence electrons. The van der Waals surface area contributed by atoms with Crippen LogP contribution in [0.25, 0.3) is 11.1 Å². The summed E-state index contributed by atoms with van der Waals surface area (Å²) < 4.78 is 21.2. The SMILES string of the molecule is CC(=O)CC1CCC(CN2CCC3(CCN(c4ncncc4Oc4ccc(F)cc4-c4ccc(C#N)cc4C4CC4)C3)C2)CC1. The van der Waals surface area contributed by atoms with Crippen molar-refractivity contribution < 1.29 is 13.9 Å². The zero-order chi connectivity index (χ0) is 31.0. The average molecular weight is 608 g/mol. The second-order valence-corrected chi connectivity index (χ2v) is 14.1. The van der Waals surface area contributed by atoms with Crippen LogP contribution < -0.4 is 9.64 Å². The summed E-state index contributed by atoms with van der Waals surface area (Å²) in [6, 6.07) is 12.5. The van der Waals surface area contributed by atoms with E-state index in [0.29, 0.717) is 40.2 Å². The molecule has 7 nitrogen and oxygen atoms in total. The van der Waals surface area contributed by atoms with Gasteiger partial charge in [-0.2, -0.15) is 5.26 Å². The molecular weight excluding hydrogens is 565 g/mol. The highest BCUT2D eigenvalue weighted by atomic mass is 19.1. The van der Waals surface area contributed by atoms with Crippen LogP contribution in [0.4, 0.5) is 10.2 Å². The molecule has 3 heterocycles. The number of rotatable bonds is 9. The first-order chi connectivity index (χ1) is 21.9. The molecule has 0 radical (unpaired) electrons. The highest BCUT2D eigenvalue weighted by molar-refractivity contribution is 5.76. The van der Waals surface area contributed by atoms with Crippen molar-refractivity contribution in [3.63, 3.8) is 0 Å². The molecule has 0 amide bonds. The molecule has 8 heteroatoms. The van der Waals surface area contributed by atoms with Gasteiger partial charge >= 0.3 is 0 Å². The summed E-state index contributed by atoms with van der Waals surface area (Å²) in [6.07, 6.45) is 13.4. The minimum Gasteiger partial charge on any atom is -0.451 e. The molecule has 7 rings (SSSR count). The predicted molar refractivity (Wildman–Crippen MR) is 172 cm³/mol. The van der Waals surface area contributed by atoms with Crippen LogP contribution in [0.5, 0.6) is 11.5 Å². The van der Waals surface area contributed by atoms with Gasteiger partial charge in [-0.15, -0.1) is 0 Å².